The number of alkyl halides is 3. The second-order valence-electron chi connectivity index (χ2n) is 8.13. The highest BCUT2D eigenvalue weighted by atomic mass is 19.4. The number of alkyl carbamates (subject to hydrolysis) is 1. The van der Waals surface area contributed by atoms with Gasteiger partial charge in [0.1, 0.15) is 18.5 Å². The molecule has 1 N–H and O–H groups in total. The molecule has 1 saturated carbocycles. The van der Waals surface area contributed by atoms with E-state index in [1.165, 1.54) is 6.20 Å². The van der Waals surface area contributed by atoms with Crippen molar-refractivity contribution in [2.24, 2.45) is 5.41 Å². The van der Waals surface area contributed by atoms with Gasteiger partial charge in [-0.05, 0) is 43.2 Å². The third-order valence-corrected chi connectivity index (χ3v) is 6.03. The van der Waals surface area contributed by atoms with Gasteiger partial charge in [0.2, 0.25) is 5.89 Å². The summed E-state index contributed by atoms with van der Waals surface area (Å²) in [5.74, 6) is 1.26. The molecule has 1 aliphatic heterocycles. The van der Waals surface area contributed by atoms with Gasteiger partial charge in [-0.1, -0.05) is 12.1 Å². The molecule has 2 fully saturated rings. The highest BCUT2D eigenvalue weighted by molar-refractivity contribution is 5.67. The lowest BCUT2D eigenvalue weighted by atomic mass is 9.61. The third kappa shape index (κ3) is 4.91. The van der Waals surface area contributed by atoms with Gasteiger partial charge < -0.3 is 19.5 Å². The number of amides is 1. The Balaban J connectivity index is 1.21. The first kappa shape index (κ1) is 21.4. The highest BCUT2D eigenvalue weighted by Gasteiger charge is 2.48. The van der Waals surface area contributed by atoms with Gasteiger partial charge in [0, 0.05) is 25.7 Å². The number of anilines is 1. The van der Waals surface area contributed by atoms with Gasteiger partial charge in [-0.3, -0.25) is 0 Å². The minimum absolute atomic E-state index is 0.0750. The smallest absolute Gasteiger partial charge is 0.416 e. The van der Waals surface area contributed by atoms with Crippen LogP contribution in [0.4, 0.5) is 23.8 Å². The molecule has 168 valence electrons. The predicted molar refractivity (Wildman–Crippen MR) is 103 cm³/mol. The number of halogens is 3. The lowest BCUT2D eigenvalue weighted by Gasteiger charge is -2.51. The second kappa shape index (κ2) is 8.35. The molecule has 1 aliphatic carbocycles. The van der Waals surface area contributed by atoms with Crippen LogP contribution in [-0.2, 0) is 23.9 Å². The van der Waals surface area contributed by atoms with Crippen LogP contribution in [0, 0.1) is 5.41 Å². The molecular weight excluding hydrogens is 415 g/mol. The van der Waals surface area contributed by atoms with E-state index in [0.717, 1.165) is 37.8 Å². The number of pyridine rings is 1. The lowest BCUT2D eigenvalue weighted by Crippen LogP contribution is -2.51. The molecule has 2 aliphatic rings. The Kier molecular flexibility index (Phi) is 5.76. The van der Waals surface area contributed by atoms with Crippen molar-refractivity contribution in [3.8, 4) is 0 Å². The molecule has 0 radical (unpaired) electrons. The maximum Gasteiger partial charge on any atom is 0.416 e. The van der Waals surface area contributed by atoms with Crippen molar-refractivity contribution in [3.63, 3.8) is 0 Å². The molecule has 2 aromatic heterocycles. The fourth-order valence-electron chi connectivity index (χ4n) is 4.22. The summed E-state index contributed by atoms with van der Waals surface area (Å²) in [6.07, 6.45) is -0.0487. The Labute approximate surface area is 177 Å². The SMILES string of the molecule is CCc1noc(CNC(=O)OC2CC3(CCN(c4cc(C(F)(F)F)ccn4)CC3)C2)n1. The molecule has 4 rings (SSSR count). The number of rotatable bonds is 5. The van der Waals surface area contributed by atoms with Gasteiger partial charge in [-0.25, -0.2) is 9.78 Å². The van der Waals surface area contributed by atoms with Crippen molar-refractivity contribution >= 4 is 11.9 Å². The van der Waals surface area contributed by atoms with Crippen LogP contribution < -0.4 is 10.2 Å². The van der Waals surface area contributed by atoms with Crippen LogP contribution in [0.5, 0.6) is 0 Å². The van der Waals surface area contributed by atoms with Gasteiger partial charge in [-0.2, -0.15) is 18.2 Å². The molecule has 1 amide bonds. The number of carbonyl (C=O) groups is 1. The minimum Gasteiger partial charge on any atom is -0.446 e. The monoisotopic (exact) mass is 439 g/mol. The predicted octanol–water partition coefficient (Wildman–Crippen LogP) is 3.72. The van der Waals surface area contributed by atoms with Gasteiger partial charge in [0.25, 0.3) is 0 Å². The number of nitrogens with zero attached hydrogens (tertiary/aromatic N) is 4. The van der Waals surface area contributed by atoms with E-state index in [4.69, 9.17) is 9.26 Å². The van der Waals surface area contributed by atoms with E-state index in [9.17, 15) is 18.0 Å². The summed E-state index contributed by atoms with van der Waals surface area (Å²) >= 11 is 0. The molecule has 31 heavy (non-hydrogen) atoms. The summed E-state index contributed by atoms with van der Waals surface area (Å²) in [6, 6.07) is 2.08. The largest absolute Gasteiger partial charge is 0.446 e. The van der Waals surface area contributed by atoms with Gasteiger partial charge in [-0.15, -0.1) is 0 Å². The lowest BCUT2D eigenvalue weighted by molar-refractivity contribution is -0.137. The molecule has 8 nitrogen and oxygen atoms in total. The highest BCUT2D eigenvalue weighted by Crippen LogP contribution is 2.50. The van der Waals surface area contributed by atoms with E-state index < -0.39 is 17.8 Å². The maximum atomic E-state index is 12.9. The average Bonchev–Trinajstić information content (AvgIpc) is 3.19. The summed E-state index contributed by atoms with van der Waals surface area (Å²) in [4.78, 5) is 22.1. The van der Waals surface area contributed by atoms with Crippen molar-refractivity contribution in [1.29, 1.82) is 0 Å². The van der Waals surface area contributed by atoms with E-state index in [1.807, 2.05) is 11.8 Å². The quantitative estimate of drug-likeness (QED) is 0.759. The Hall–Kier alpha value is -2.85. The molecule has 0 bridgehead atoms. The molecule has 0 atom stereocenters. The molecular formula is C20H24F3N5O3. The molecule has 0 aromatic carbocycles. The van der Waals surface area contributed by atoms with Gasteiger partial charge >= 0.3 is 12.3 Å². The topological polar surface area (TPSA) is 93.4 Å². The fraction of sp³-hybridized carbons (Fsp3) is 0.600. The summed E-state index contributed by atoms with van der Waals surface area (Å²) in [7, 11) is 0. The van der Waals surface area contributed by atoms with Crippen LogP contribution in [0.2, 0.25) is 0 Å². The number of ether oxygens (including phenoxy) is 1. The van der Waals surface area contributed by atoms with Crippen molar-refractivity contribution < 1.29 is 27.2 Å². The van der Waals surface area contributed by atoms with Crippen LogP contribution in [-0.4, -0.2) is 40.4 Å². The van der Waals surface area contributed by atoms with Crippen molar-refractivity contribution in [2.45, 2.75) is 57.9 Å². The van der Waals surface area contributed by atoms with Crippen LogP contribution >= 0.6 is 0 Å². The number of nitrogens with one attached hydrogen (secondary N) is 1. The number of aryl methyl sites for hydroxylation is 1. The second-order valence-corrected chi connectivity index (χ2v) is 8.13. The van der Waals surface area contributed by atoms with Gasteiger partial charge in [0.05, 0.1) is 5.56 Å². The standard InChI is InChI=1S/C20H24F3N5O3/c1-2-15-26-17(31-27-15)12-25-18(29)30-14-10-19(11-14)4-7-28(8-5-19)16-9-13(3-6-24-16)20(21,22)23/h3,6,9,14H,2,4-5,7-8,10-12H2,1H3,(H,25,29). The van der Waals surface area contributed by atoms with Crippen LogP contribution in [0.15, 0.2) is 22.9 Å². The zero-order chi connectivity index (χ0) is 22.1. The number of aromatic nitrogens is 3. The van der Waals surface area contributed by atoms with Crippen LogP contribution in [0.3, 0.4) is 0 Å². The molecule has 2 aromatic rings. The Morgan fingerprint density at radius 3 is 2.74 bits per heavy atom. The third-order valence-electron chi connectivity index (χ3n) is 6.03. The molecule has 11 heteroatoms. The van der Waals surface area contributed by atoms with E-state index >= 15 is 0 Å². The molecule has 3 heterocycles. The van der Waals surface area contributed by atoms with Crippen molar-refractivity contribution in [3.05, 3.63) is 35.6 Å². The van der Waals surface area contributed by atoms with E-state index in [1.54, 1.807) is 0 Å². The van der Waals surface area contributed by atoms with Crippen LogP contribution in [0.1, 0.15) is 49.9 Å². The molecule has 0 unspecified atom stereocenters. The summed E-state index contributed by atoms with van der Waals surface area (Å²) in [6.45, 7) is 3.28. The number of piperidine rings is 1. The fourth-order valence-corrected chi connectivity index (χ4v) is 4.22. The molecule has 1 saturated heterocycles. The first-order valence-corrected chi connectivity index (χ1v) is 10.3. The first-order valence-electron chi connectivity index (χ1n) is 10.3. The number of hydrogen-bond donors (Lipinski definition) is 1. The summed E-state index contributed by atoms with van der Waals surface area (Å²) in [5, 5.41) is 6.37. The van der Waals surface area contributed by atoms with Crippen LogP contribution in [0.25, 0.3) is 0 Å². The number of hydrogen-bond acceptors (Lipinski definition) is 7. The zero-order valence-corrected chi connectivity index (χ0v) is 17.1. The number of carbonyl (C=O) groups excluding carboxylic acids is 1. The molecule has 1 spiro atoms. The van der Waals surface area contributed by atoms with Crippen molar-refractivity contribution in [2.75, 3.05) is 18.0 Å². The summed E-state index contributed by atoms with van der Waals surface area (Å²) in [5.41, 5.74) is -0.613. The first-order chi connectivity index (χ1) is 14.8. The van der Waals surface area contributed by atoms with Crippen molar-refractivity contribution in [1.82, 2.24) is 20.4 Å². The Bertz CT molecular complexity index is 917. The van der Waals surface area contributed by atoms with E-state index in [2.05, 4.69) is 20.4 Å². The normalized spacial score (nSPS) is 18.6. The average molecular weight is 439 g/mol. The van der Waals surface area contributed by atoms with Gasteiger partial charge in [0.15, 0.2) is 5.82 Å². The van der Waals surface area contributed by atoms with E-state index in [0.29, 0.717) is 37.0 Å². The zero-order valence-electron chi connectivity index (χ0n) is 17.1. The Morgan fingerprint density at radius 1 is 1.35 bits per heavy atom. The Morgan fingerprint density at radius 2 is 2.10 bits per heavy atom. The minimum atomic E-state index is -4.38. The maximum absolute atomic E-state index is 12.9. The van der Waals surface area contributed by atoms with E-state index in [-0.39, 0.29) is 18.1 Å². The summed E-state index contributed by atoms with van der Waals surface area (Å²) < 4.78 is 49.3.